The molecule has 2 heterocycles. The summed E-state index contributed by atoms with van der Waals surface area (Å²) >= 11 is 0. The van der Waals surface area contributed by atoms with Crippen molar-refractivity contribution in [2.75, 3.05) is 13.1 Å². The maximum atomic E-state index is 12.9. The maximum absolute atomic E-state index is 12.9. The van der Waals surface area contributed by atoms with Gasteiger partial charge in [-0.05, 0) is 30.9 Å². The van der Waals surface area contributed by atoms with Crippen LogP contribution in [-0.4, -0.2) is 52.2 Å². The first-order valence-corrected chi connectivity index (χ1v) is 9.05. The predicted octanol–water partition coefficient (Wildman–Crippen LogP) is 1.78. The second kappa shape index (κ2) is 5.93. The molecule has 1 spiro atoms. The van der Waals surface area contributed by atoms with E-state index in [0.717, 1.165) is 29.1 Å². The molecule has 26 heavy (non-hydrogen) atoms. The molecule has 0 radical (unpaired) electrons. The summed E-state index contributed by atoms with van der Waals surface area (Å²) in [6, 6.07) is 6.21. The summed E-state index contributed by atoms with van der Waals surface area (Å²) in [7, 11) is 0. The van der Waals surface area contributed by atoms with Gasteiger partial charge in [-0.2, -0.15) is 0 Å². The third-order valence-electron chi connectivity index (χ3n) is 5.93. The molecule has 7 heteroatoms. The summed E-state index contributed by atoms with van der Waals surface area (Å²) < 4.78 is 0. The molecule has 2 atom stereocenters. The molecule has 2 unspecified atom stereocenters. The Labute approximate surface area is 151 Å². The first-order chi connectivity index (χ1) is 12.5. The van der Waals surface area contributed by atoms with Crippen LogP contribution >= 0.6 is 0 Å². The molecule has 1 aromatic rings. The van der Waals surface area contributed by atoms with Gasteiger partial charge in [0.25, 0.3) is 17.7 Å². The lowest BCUT2D eigenvalue weighted by molar-refractivity contribution is -0.134. The van der Waals surface area contributed by atoms with E-state index >= 15 is 0 Å². The molecule has 2 aliphatic heterocycles. The molecule has 0 aromatic heterocycles. The second-order valence-electron chi connectivity index (χ2n) is 7.31. The molecule has 1 aromatic carbocycles. The van der Waals surface area contributed by atoms with E-state index in [2.05, 4.69) is 5.32 Å². The summed E-state index contributed by atoms with van der Waals surface area (Å²) in [5, 5.41) is 2.88. The topological polar surface area (TPSA) is 86.8 Å². The number of carbonyl (C=O) groups is 4. The Balaban J connectivity index is 1.49. The van der Waals surface area contributed by atoms with Gasteiger partial charge in [0, 0.05) is 13.1 Å². The molecular formula is C19H21N3O4. The molecule has 1 saturated carbocycles. The van der Waals surface area contributed by atoms with Gasteiger partial charge in [0.1, 0.15) is 5.54 Å². The van der Waals surface area contributed by atoms with Crippen molar-refractivity contribution in [3.05, 3.63) is 35.4 Å². The van der Waals surface area contributed by atoms with Crippen LogP contribution in [0.5, 0.6) is 0 Å². The standard InChI is InChI=1S/C19H21N3O4/c1-12-6-4-5-9-19(12)17(25)22(18(26)20-19)11-10-21-15(23)13-7-2-3-8-14(13)16(21)24/h2-3,7-8,12H,4-6,9-11H2,1H3,(H,20,26). The van der Waals surface area contributed by atoms with Gasteiger partial charge in [-0.25, -0.2) is 4.79 Å². The fourth-order valence-electron chi connectivity index (χ4n) is 4.34. The number of nitrogens with zero attached hydrogens (tertiary/aromatic N) is 2. The SMILES string of the molecule is CC1CCCCC12NC(=O)N(CCN1C(=O)c3ccccc3C1=O)C2=O. The van der Waals surface area contributed by atoms with E-state index < -0.39 is 11.6 Å². The van der Waals surface area contributed by atoms with Crippen LogP contribution in [-0.2, 0) is 4.79 Å². The first-order valence-electron chi connectivity index (χ1n) is 9.05. The van der Waals surface area contributed by atoms with Crippen LogP contribution in [0.4, 0.5) is 4.79 Å². The molecular weight excluding hydrogens is 334 g/mol. The van der Waals surface area contributed by atoms with Gasteiger partial charge in [0.05, 0.1) is 11.1 Å². The average Bonchev–Trinajstić information content (AvgIpc) is 3.02. The summed E-state index contributed by atoms with van der Waals surface area (Å²) in [5.41, 5.74) is -0.0868. The van der Waals surface area contributed by atoms with Crippen molar-refractivity contribution in [2.45, 2.75) is 38.1 Å². The van der Waals surface area contributed by atoms with E-state index in [9.17, 15) is 19.2 Å². The van der Waals surface area contributed by atoms with E-state index in [1.165, 1.54) is 0 Å². The smallest absolute Gasteiger partial charge is 0.323 e. The molecule has 2 fully saturated rings. The quantitative estimate of drug-likeness (QED) is 0.661. The highest BCUT2D eigenvalue weighted by atomic mass is 16.2. The molecule has 136 valence electrons. The average molecular weight is 355 g/mol. The Morgan fingerprint density at radius 1 is 1.00 bits per heavy atom. The molecule has 1 aliphatic carbocycles. The lowest BCUT2D eigenvalue weighted by Gasteiger charge is -2.36. The number of hydrogen-bond donors (Lipinski definition) is 1. The number of imide groups is 2. The zero-order chi connectivity index (χ0) is 18.5. The van der Waals surface area contributed by atoms with E-state index in [1.807, 2.05) is 6.92 Å². The zero-order valence-electron chi connectivity index (χ0n) is 14.7. The molecule has 1 saturated heterocycles. The normalized spacial score (nSPS) is 28.1. The molecule has 5 amide bonds. The number of amides is 5. The van der Waals surface area contributed by atoms with Gasteiger partial charge in [-0.1, -0.05) is 31.9 Å². The van der Waals surface area contributed by atoms with Crippen LogP contribution in [0.15, 0.2) is 24.3 Å². The van der Waals surface area contributed by atoms with Crippen molar-refractivity contribution in [1.29, 1.82) is 0 Å². The number of carbonyl (C=O) groups excluding carboxylic acids is 4. The number of benzene rings is 1. The molecule has 7 nitrogen and oxygen atoms in total. The minimum atomic E-state index is -0.822. The molecule has 1 N–H and O–H groups in total. The monoisotopic (exact) mass is 355 g/mol. The highest BCUT2D eigenvalue weighted by molar-refractivity contribution is 6.21. The predicted molar refractivity (Wildman–Crippen MR) is 92.4 cm³/mol. The Bertz CT molecular complexity index is 786. The highest BCUT2D eigenvalue weighted by Crippen LogP contribution is 2.38. The maximum Gasteiger partial charge on any atom is 0.325 e. The number of fused-ring (bicyclic) bond motifs is 1. The van der Waals surface area contributed by atoms with Gasteiger partial charge in [0.15, 0.2) is 0 Å². The van der Waals surface area contributed by atoms with Crippen molar-refractivity contribution < 1.29 is 19.2 Å². The fraction of sp³-hybridized carbons (Fsp3) is 0.474. The van der Waals surface area contributed by atoms with Crippen LogP contribution < -0.4 is 5.32 Å². The van der Waals surface area contributed by atoms with Crippen molar-refractivity contribution in [3.63, 3.8) is 0 Å². The van der Waals surface area contributed by atoms with Crippen LogP contribution in [0.2, 0.25) is 0 Å². The van der Waals surface area contributed by atoms with Crippen LogP contribution in [0.1, 0.15) is 53.3 Å². The number of rotatable bonds is 3. The third kappa shape index (κ3) is 2.26. The zero-order valence-corrected chi connectivity index (χ0v) is 14.7. The molecule has 0 bridgehead atoms. The number of nitrogens with one attached hydrogen (secondary N) is 1. The van der Waals surface area contributed by atoms with E-state index in [4.69, 9.17) is 0 Å². The van der Waals surface area contributed by atoms with Crippen molar-refractivity contribution in [2.24, 2.45) is 5.92 Å². The Morgan fingerprint density at radius 3 is 2.23 bits per heavy atom. The van der Waals surface area contributed by atoms with Gasteiger partial charge >= 0.3 is 6.03 Å². The van der Waals surface area contributed by atoms with Crippen LogP contribution in [0.3, 0.4) is 0 Å². The lowest BCUT2D eigenvalue weighted by atomic mass is 9.73. The van der Waals surface area contributed by atoms with Crippen LogP contribution in [0.25, 0.3) is 0 Å². The van der Waals surface area contributed by atoms with Gasteiger partial charge in [0.2, 0.25) is 0 Å². The Morgan fingerprint density at radius 2 is 1.62 bits per heavy atom. The van der Waals surface area contributed by atoms with Crippen molar-refractivity contribution in [3.8, 4) is 0 Å². The third-order valence-corrected chi connectivity index (χ3v) is 5.93. The summed E-state index contributed by atoms with van der Waals surface area (Å²) in [4.78, 5) is 52.5. The lowest BCUT2D eigenvalue weighted by Crippen LogP contribution is -2.54. The van der Waals surface area contributed by atoms with Crippen molar-refractivity contribution >= 4 is 23.8 Å². The van der Waals surface area contributed by atoms with E-state index in [1.54, 1.807) is 24.3 Å². The van der Waals surface area contributed by atoms with Gasteiger partial charge in [-0.3, -0.25) is 24.2 Å². The Hall–Kier alpha value is -2.70. The Kier molecular flexibility index (Phi) is 3.82. The van der Waals surface area contributed by atoms with Crippen LogP contribution in [0, 0.1) is 5.92 Å². The van der Waals surface area contributed by atoms with Gasteiger partial charge in [-0.15, -0.1) is 0 Å². The largest absolute Gasteiger partial charge is 0.325 e. The molecule has 4 rings (SSSR count). The summed E-state index contributed by atoms with van der Waals surface area (Å²) in [6.45, 7) is 2.02. The van der Waals surface area contributed by atoms with Crippen molar-refractivity contribution in [1.82, 2.24) is 15.1 Å². The number of hydrogen-bond acceptors (Lipinski definition) is 4. The second-order valence-corrected chi connectivity index (χ2v) is 7.31. The molecule has 3 aliphatic rings. The first kappa shape index (κ1) is 16.8. The fourth-order valence-corrected chi connectivity index (χ4v) is 4.34. The number of urea groups is 1. The summed E-state index contributed by atoms with van der Waals surface area (Å²) in [6.07, 6.45) is 3.50. The highest BCUT2D eigenvalue weighted by Gasteiger charge is 2.54. The van der Waals surface area contributed by atoms with Gasteiger partial charge < -0.3 is 5.32 Å². The minimum absolute atomic E-state index is 0.00989. The van der Waals surface area contributed by atoms with E-state index in [0.29, 0.717) is 17.5 Å². The van der Waals surface area contributed by atoms with E-state index in [-0.39, 0.29) is 36.7 Å². The summed E-state index contributed by atoms with van der Waals surface area (Å²) in [5.74, 6) is -0.903. The minimum Gasteiger partial charge on any atom is -0.323 e.